The highest BCUT2D eigenvalue weighted by molar-refractivity contribution is 9.10. The molecule has 0 N–H and O–H groups in total. The van der Waals surface area contributed by atoms with Crippen molar-refractivity contribution in [3.63, 3.8) is 0 Å². The summed E-state index contributed by atoms with van der Waals surface area (Å²) in [7, 11) is 0. The van der Waals surface area contributed by atoms with Crippen molar-refractivity contribution in [1.82, 2.24) is 4.57 Å². The Hall–Kier alpha value is -1.06. The van der Waals surface area contributed by atoms with Crippen LogP contribution in [0.25, 0.3) is 0 Å². The number of rotatable bonds is 3. The predicted molar refractivity (Wildman–Crippen MR) is 93.0 cm³/mol. The standard InChI is InChI=1S/C17H18BrClN2/c18-16-7-6-14(10-17(16)19)20-11-13-8-9-21(12-13)15-4-2-1-3-5-15/h6-12,15H,1-5H2. The molecule has 0 unspecified atom stereocenters. The predicted octanol–water partition coefficient (Wildman–Crippen LogP) is 6.16. The van der Waals surface area contributed by atoms with Crippen molar-refractivity contribution in [2.45, 2.75) is 38.1 Å². The van der Waals surface area contributed by atoms with Gasteiger partial charge in [-0.25, -0.2) is 0 Å². The van der Waals surface area contributed by atoms with Crippen LogP contribution in [0.15, 0.2) is 46.1 Å². The lowest BCUT2D eigenvalue weighted by atomic mass is 9.95. The summed E-state index contributed by atoms with van der Waals surface area (Å²) in [6, 6.07) is 8.52. The van der Waals surface area contributed by atoms with Crippen LogP contribution in [-0.4, -0.2) is 10.8 Å². The summed E-state index contributed by atoms with van der Waals surface area (Å²) in [5.41, 5.74) is 2.01. The van der Waals surface area contributed by atoms with Gasteiger partial charge in [0.1, 0.15) is 0 Å². The van der Waals surface area contributed by atoms with Gasteiger partial charge in [0.2, 0.25) is 0 Å². The van der Waals surface area contributed by atoms with Crippen LogP contribution in [0.2, 0.25) is 5.02 Å². The number of aromatic nitrogens is 1. The van der Waals surface area contributed by atoms with Gasteiger partial charge >= 0.3 is 0 Å². The molecular formula is C17H18BrClN2. The molecule has 0 saturated heterocycles. The molecule has 1 aromatic carbocycles. The third-order valence-electron chi connectivity index (χ3n) is 4.00. The maximum Gasteiger partial charge on any atom is 0.0645 e. The molecule has 1 fully saturated rings. The molecule has 0 bridgehead atoms. The second-order valence-electron chi connectivity index (χ2n) is 5.54. The average molecular weight is 366 g/mol. The molecule has 1 aromatic heterocycles. The monoisotopic (exact) mass is 364 g/mol. The molecule has 4 heteroatoms. The van der Waals surface area contributed by atoms with E-state index in [-0.39, 0.29) is 0 Å². The van der Waals surface area contributed by atoms with E-state index in [1.807, 2.05) is 24.4 Å². The van der Waals surface area contributed by atoms with Crippen LogP contribution in [0.1, 0.15) is 43.7 Å². The van der Waals surface area contributed by atoms with Gasteiger partial charge in [-0.1, -0.05) is 30.9 Å². The van der Waals surface area contributed by atoms with Crippen molar-refractivity contribution < 1.29 is 0 Å². The molecular weight excluding hydrogens is 348 g/mol. The lowest BCUT2D eigenvalue weighted by molar-refractivity contribution is 0.354. The zero-order valence-electron chi connectivity index (χ0n) is 11.8. The van der Waals surface area contributed by atoms with Gasteiger partial charge in [0.05, 0.1) is 10.7 Å². The zero-order valence-corrected chi connectivity index (χ0v) is 14.1. The number of halogens is 2. The van der Waals surface area contributed by atoms with Crippen LogP contribution >= 0.6 is 27.5 Å². The molecule has 2 aromatic rings. The summed E-state index contributed by atoms with van der Waals surface area (Å²) in [6.45, 7) is 0. The van der Waals surface area contributed by atoms with Gasteiger partial charge in [-0.2, -0.15) is 0 Å². The van der Waals surface area contributed by atoms with Gasteiger partial charge < -0.3 is 4.57 Å². The summed E-state index contributed by atoms with van der Waals surface area (Å²) in [6.07, 6.45) is 13.0. The zero-order chi connectivity index (χ0) is 14.7. The van der Waals surface area contributed by atoms with Gasteiger partial charge in [-0.05, 0) is 53.0 Å². The highest BCUT2D eigenvalue weighted by atomic mass is 79.9. The Bertz CT molecular complexity index is 642. The number of aliphatic imine (C=N–C) groups is 1. The van der Waals surface area contributed by atoms with E-state index in [4.69, 9.17) is 11.6 Å². The molecule has 1 aliphatic carbocycles. The fraction of sp³-hybridized carbons (Fsp3) is 0.353. The molecule has 3 rings (SSSR count). The molecule has 110 valence electrons. The van der Waals surface area contributed by atoms with Gasteiger partial charge in [0.15, 0.2) is 0 Å². The molecule has 2 nitrogen and oxygen atoms in total. The Labute approximate surface area is 139 Å². The van der Waals surface area contributed by atoms with Crippen LogP contribution in [-0.2, 0) is 0 Å². The van der Waals surface area contributed by atoms with E-state index in [1.165, 1.54) is 32.1 Å². The SMILES string of the molecule is Clc1cc(N=Cc2ccn(C3CCCCC3)c2)ccc1Br. The first-order valence-electron chi connectivity index (χ1n) is 7.39. The minimum Gasteiger partial charge on any atom is -0.351 e. The van der Waals surface area contributed by atoms with Gasteiger partial charge in [-0.15, -0.1) is 0 Å². The maximum atomic E-state index is 6.08. The molecule has 0 radical (unpaired) electrons. The van der Waals surface area contributed by atoms with Crippen LogP contribution in [0, 0.1) is 0 Å². The van der Waals surface area contributed by atoms with E-state index in [2.05, 4.69) is 43.9 Å². The third-order valence-corrected chi connectivity index (χ3v) is 5.23. The average Bonchev–Trinajstić information content (AvgIpc) is 2.98. The van der Waals surface area contributed by atoms with E-state index in [9.17, 15) is 0 Å². The smallest absolute Gasteiger partial charge is 0.0645 e. The first-order chi connectivity index (χ1) is 10.2. The molecule has 1 heterocycles. The molecule has 1 aliphatic rings. The van der Waals surface area contributed by atoms with Crippen LogP contribution in [0.3, 0.4) is 0 Å². The maximum absolute atomic E-state index is 6.08. The summed E-state index contributed by atoms with van der Waals surface area (Å²) in [5.74, 6) is 0. The fourth-order valence-corrected chi connectivity index (χ4v) is 3.25. The lowest BCUT2D eigenvalue weighted by Gasteiger charge is -2.23. The minimum atomic E-state index is 0.669. The minimum absolute atomic E-state index is 0.669. The Balaban J connectivity index is 1.71. The highest BCUT2D eigenvalue weighted by Gasteiger charge is 2.14. The second kappa shape index (κ2) is 6.80. The van der Waals surface area contributed by atoms with E-state index < -0.39 is 0 Å². The highest BCUT2D eigenvalue weighted by Crippen LogP contribution is 2.29. The van der Waals surface area contributed by atoms with Crippen molar-refractivity contribution >= 4 is 39.4 Å². The Morgan fingerprint density at radius 1 is 1.19 bits per heavy atom. The van der Waals surface area contributed by atoms with Gasteiger partial charge in [0, 0.05) is 34.7 Å². The first-order valence-corrected chi connectivity index (χ1v) is 8.56. The van der Waals surface area contributed by atoms with Crippen molar-refractivity contribution in [1.29, 1.82) is 0 Å². The molecule has 0 spiro atoms. The van der Waals surface area contributed by atoms with Crippen molar-refractivity contribution in [3.8, 4) is 0 Å². The van der Waals surface area contributed by atoms with Crippen molar-refractivity contribution in [3.05, 3.63) is 51.7 Å². The topological polar surface area (TPSA) is 17.3 Å². The summed E-state index contributed by atoms with van der Waals surface area (Å²) >= 11 is 9.46. The molecule has 0 aliphatic heterocycles. The molecule has 0 amide bonds. The van der Waals surface area contributed by atoms with Crippen molar-refractivity contribution in [2.24, 2.45) is 4.99 Å². The van der Waals surface area contributed by atoms with E-state index >= 15 is 0 Å². The third kappa shape index (κ3) is 3.78. The van der Waals surface area contributed by atoms with Gasteiger partial charge in [-0.3, -0.25) is 4.99 Å². The second-order valence-corrected chi connectivity index (χ2v) is 6.80. The summed E-state index contributed by atoms with van der Waals surface area (Å²) in [5, 5.41) is 0.685. The normalized spacial score (nSPS) is 16.7. The van der Waals surface area contributed by atoms with E-state index in [0.717, 1.165) is 15.7 Å². The van der Waals surface area contributed by atoms with Gasteiger partial charge in [0.25, 0.3) is 0 Å². The lowest BCUT2D eigenvalue weighted by Crippen LogP contribution is -2.10. The van der Waals surface area contributed by atoms with Crippen LogP contribution in [0.5, 0.6) is 0 Å². The number of hydrogen-bond donors (Lipinski definition) is 0. The quantitative estimate of drug-likeness (QED) is 0.580. The molecule has 21 heavy (non-hydrogen) atoms. The van der Waals surface area contributed by atoms with E-state index in [0.29, 0.717) is 11.1 Å². The Kier molecular flexibility index (Phi) is 4.81. The van der Waals surface area contributed by atoms with Crippen molar-refractivity contribution in [2.75, 3.05) is 0 Å². The number of benzene rings is 1. The van der Waals surface area contributed by atoms with E-state index in [1.54, 1.807) is 0 Å². The summed E-state index contributed by atoms with van der Waals surface area (Å²) in [4.78, 5) is 4.49. The summed E-state index contributed by atoms with van der Waals surface area (Å²) < 4.78 is 3.24. The fourth-order valence-electron chi connectivity index (χ4n) is 2.83. The first kappa shape index (κ1) is 14.9. The van der Waals surface area contributed by atoms with Crippen LogP contribution < -0.4 is 0 Å². The van der Waals surface area contributed by atoms with Crippen LogP contribution in [0.4, 0.5) is 5.69 Å². The number of nitrogens with zero attached hydrogens (tertiary/aromatic N) is 2. The number of hydrogen-bond acceptors (Lipinski definition) is 1. The molecule has 0 atom stereocenters. The Morgan fingerprint density at radius 3 is 2.76 bits per heavy atom. The largest absolute Gasteiger partial charge is 0.351 e. The molecule has 1 saturated carbocycles. The Morgan fingerprint density at radius 2 is 2.00 bits per heavy atom.